The van der Waals surface area contributed by atoms with E-state index in [4.69, 9.17) is 0 Å². The summed E-state index contributed by atoms with van der Waals surface area (Å²) in [6.45, 7) is 15.3. The molecule has 1 atom stereocenters. The van der Waals surface area contributed by atoms with E-state index in [9.17, 15) is 4.79 Å². The minimum atomic E-state index is 0.144. The monoisotopic (exact) mass is 258 g/mol. The number of ketones is 1. The molecule has 0 saturated heterocycles. The van der Waals surface area contributed by atoms with Crippen molar-refractivity contribution in [1.82, 2.24) is 0 Å². The van der Waals surface area contributed by atoms with E-state index in [0.29, 0.717) is 5.92 Å². The second-order valence-electron chi connectivity index (χ2n) is 7.17. The lowest BCUT2D eigenvalue weighted by Crippen LogP contribution is -2.33. The van der Waals surface area contributed by atoms with E-state index in [1.54, 1.807) is 6.92 Å². The smallest absolute Gasteiger partial charge is 0.160 e. The second kappa shape index (κ2) is 4.19. The van der Waals surface area contributed by atoms with Crippen molar-refractivity contribution in [2.75, 3.05) is 0 Å². The van der Waals surface area contributed by atoms with E-state index in [1.165, 1.54) is 17.5 Å². The van der Waals surface area contributed by atoms with Crippen LogP contribution in [0.15, 0.2) is 12.1 Å². The van der Waals surface area contributed by atoms with Crippen LogP contribution < -0.4 is 0 Å². The molecule has 0 fully saturated rings. The van der Waals surface area contributed by atoms with Gasteiger partial charge in [0, 0.05) is 5.56 Å². The molecule has 2 rings (SSSR count). The van der Waals surface area contributed by atoms with Crippen molar-refractivity contribution >= 4 is 5.78 Å². The Morgan fingerprint density at radius 1 is 1.11 bits per heavy atom. The Balaban J connectivity index is 2.75. The van der Waals surface area contributed by atoms with Gasteiger partial charge in [0.25, 0.3) is 0 Å². The lowest BCUT2D eigenvalue weighted by Gasteiger charge is -2.35. The molecule has 0 radical (unpaired) electrons. The minimum absolute atomic E-state index is 0.144. The Morgan fingerprint density at radius 2 is 1.58 bits per heavy atom. The van der Waals surface area contributed by atoms with Gasteiger partial charge in [-0.1, -0.05) is 47.1 Å². The fraction of sp³-hybridized carbons (Fsp3) is 0.611. The van der Waals surface area contributed by atoms with Crippen molar-refractivity contribution in [2.45, 2.75) is 65.7 Å². The van der Waals surface area contributed by atoms with Gasteiger partial charge in [-0.2, -0.15) is 0 Å². The topological polar surface area (TPSA) is 17.1 Å². The molecule has 0 N–H and O–H groups in total. The summed E-state index contributed by atoms with van der Waals surface area (Å²) in [7, 11) is 0. The molecule has 1 aromatic carbocycles. The first-order chi connectivity index (χ1) is 8.64. The second-order valence-corrected chi connectivity index (χ2v) is 7.17. The van der Waals surface area contributed by atoms with Crippen LogP contribution in [0.4, 0.5) is 0 Å². The molecule has 0 saturated carbocycles. The Labute approximate surface area is 117 Å². The summed E-state index contributed by atoms with van der Waals surface area (Å²) in [5, 5.41) is 0. The highest BCUT2D eigenvalue weighted by atomic mass is 16.1. The van der Waals surface area contributed by atoms with Gasteiger partial charge in [-0.05, 0) is 53.4 Å². The van der Waals surface area contributed by atoms with Crippen LogP contribution in [0.1, 0.15) is 75.0 Å². The summed E-state index contributed by atoms with van der Waals surface area (Å²) in [5.74, 6) is 0.797. The molecular weight excluding hydrogens is 232 g/mol. The Bertz CT molecular complexity index is 535. The maximum absolute atomic E-state index is 11.8. The molecular formula is C18H26O. The summed E-state index contributed by atoms with van der Waals surface area (Å²) in [6.07, 6.45) is 1.17. The molecule has 1 heteroatoms. The number of benzene rings is 1. The summed E-state index contributed by atoms with van der Waals surface area (Å²) < 4.78 is 0. The van der Waals surface area contributed by atoms with Gasteiger partial charge in [0.15, 0.2) is 5.78 Å². The van der Waals surface area contributed by atoms with Crippen LogP contribution in [0.5, 0.6) is 0 Å². The van der Waals surface area contributed by atoms with Gasteiger partial charge in [-0.3, -0.25) is 4.79 Å². The Hall–Kier alpha value is -1.11. The van der Waals surface area contributed by atoms with Gasteiger partial charge in [0.2, 0.25) is 0 Å². The van der Waals surface area contributed by atoms with Crippen LogP contribution in [-0.4, -0.2) is 5.78 Å². The van der Waals surface area contributed by atoms with E-state index >= 15 is 0 Å². The van der Waals surface area contributed by atoms with Crippen molar-refractivity contribution < 1.29 is 4.79 Å². The molecule has 1 nitrogen and oxygen atoms in total. The van der Waals surface area contributed by atoms with E-state index in [-0.39, 0.29) is 16.6 Å². The number of Topliss-reactive ketones (excluding diaryl/α,β-unsaturated/α-hetero) is 1. The van der Waals surface area contributed by atoms with Crippen LogP contribution >= 0.6 is 0 Å². The molecule has 0 amide bonds. The fourth-order valence-electron chi connectivity index (χ4n) is 4.45. The van der Waals surface area contributed by atoms with Gasteiger partial charge < -0.3 is 0 Å². The maximum Gasteiger partial charge on any atom is 0.160 e. The lowest BCUT2D eigenvalue weighted by atomic mass is 9.69. The Kier molecular flexibility index (Phi) is 3.16. The molecule has 0 bridgehead atoms. The third-order valence-electron chi connectivity index (χ3n) is 5.28. The molecule has 1 aromatic rings. The van der Waals surface area contributed by atoms with Crippen molar-refractivity contribution in [2.24, 2.45) is 5.92 Å². The highest BCUT2D eigenvalue weighted by Gasteiger charge is 2.50. The van der Waals surface area contributed by atoms with Crippen LogP contribution in [0, 0.1) is 12.8 Å². The predicted molar refractivity (Wildman–Crippen MR) is 81.0 cm³/mol. The summed E-state index contributed by atoms with van der Waals surface area (Å²) in [4.78, 5) is 11.8. The quantitative estimate of drug-likeness (QED) is 0.697. The van der Waals surface area contributed by atoms with Crippen molar-refractivity contribution in [3.63, 3.8) is 0 Å². The highest BCUT2D eigenvalue weighted by molar-refractivity contribution is 5.96. The lowest BCUT2D eigenvalue weighted by molar-refractivity contribution is 0.101. The first-order valence-corrected chi connectivity index (χ1v) is 7.30. The van der Waals surface area contributed by atoms with Crippen molar-refractivity contribution in [3.05, 3.63) is 34.4 Å². The average Bonchev–Trinajstić information content (AvgIpc) is 2.41. The molecule has 0 aliphatic heterocycles. The SMILES string of the molecule is CCC1C(C)(C)c2cc(C)c(C(C)=O)cc2C1(C)C. The zero-order chi connectivity index (χ0) is 14.6. The summed E-state index contributed by atoms with van der Waals surface area (Å²) in [5.41, 5.74) is 5.15. The van der Waals surface area contributed by atoms with Crippen molar-refractivity contribution in [1.29, 1.82) is 0 Å². The molecule has 1 unspecified atom stereocenters. The van der Waals surface area contributed by atoms with Gasteiger partial charge >= 0.3 is 0 Å². The van der Waals surface area contributed by atoms with E-state index in [1.807, 2.05) is 0 Å². The molecule has 0 spiro atoms. The first kappa shape index (κ1) is 14.3. The third kappa shape index (κ3) is 1.86. The van der Waals surface area contributed by atoms with E-state index < -0.39 is 0 Å². The molecule has 19 heavy (non-hydrogen) atoms. The average molecular weight is 258 g/mol. The zero-order valence-electron chi connectivity index (χ0n) is 13.3. The van der Waals surface area contributed by atoms with Gasteiger partial charge in [-0.15, -0.1) is 0 Å². The molecule has 104 valence electrons. The minimum Gasteiger partial charge on any atom is -0.295 e. The van der Waals surface area contributed by atoms with Gasteiger partial charge in [0.05, 0.1) is 0 Å². The molecule has 1 aliphatic rings. The number of aryl methyl sites for hydroxylation is 1. The van der Waals surface area contributed by atoms with Crippen molar-refractivity contribution in [3.8, 4) is 0 Å². The summed E-state index contributed by atoms with van der Waals surface area (Å²) in [6, 6.07) is 4.41. The van der Waals surface area contributed by atoms with Gasteiger partial charge in [-0.25, -0.2) is 0 Å². The number of hydrogen-bond acceptors (Lipinski definition) is 1. The summed E-state index contributed by atoms with van der Waals surface area (Å²) >= 11 is 0. The van der Waals surface area contributed by atoms with Crippen LogP contribution in [-0.2, 0) is 10.8 Å². The van der Waals surface area contributed by atoms with Crippen LogP contribution in [0.2, 0.25) is 0 Å². The number of carbonyl (C=O) groups excluding carboxylic acids is 1. The maximum atomic E-state index is 11.8. The first-order valence-electron chi connectivity index (χ1n) is 7.30. The normalized spacial score (nSPS) is 23.2. The standard InChI is InChI=1S/C18H26O/c1-8-16-17(4,5)14-9-11(2)13(12(3)19)10-15(14)18(16,6)7/h9-10,16H,8H2,1-7H3. The largest absolute Gasteiger partial charge is 0.295 e. The van der Waals surface area contributed by atoms with Crippen LogP contribution in [0.25, 0.3) is 0 Å². The number of rotatable bonds is 2. The number of fused-ring (bicyclic) bond motifs is 1. The van der Waals surface area contributed by atoms with Gasteiger partial charge in [0.1, 0.15) is 0 Å². The number of carbonyl (C=O) groups is 1. The highest BCUT2D eigenvalue weighted by Crippen LogP contribution is 2.55. The third-order valence-corrected chi connectivity index (χ3v) is 5.28. The van der Waals surface area contributed by atoms with E-state index in [0.717, 1.165) is 11.1 Å². The zero-order valence-corrected chi connectivity index (χ0v) is 13.3. The fourth-order valence-corrected chi connectivity index (χ4v) is 4.45. The van der Waals surface area contributed by atoms with Crippen LogP contribution in [0.3, 0.4) is 0 Å². The Morgan fingerprint density at radius 3 is 2.00 bits per heavy atom. The predicted octanol–water partition coefficient (Wildman–Crippen LogP) is 4.79. The molecule has 0 heterocycles. The molecule has 0 aromatic heterocycles. The number of hydrogen-bond donors (Lipinski definition) is 0. The molecule has 1 aliphatic carbocycles. The van der Waals surface area contributed by atoms with E-state index in [2.05, 4.69) is 53.7 Å².